The van der Waals surface area contributed by atoms with Gasteiger partial charge in [-0.3, -0.25) is 0 Å². The molecule has 0 fully saturated rings. The van der Waals surface area contributed by atoms with Crippen molar-refractivity contribution in [1.82, 2.24) is 0 Å². The van der Waals surface area contributed by atoms with Crippen LogP contribution in [0.5, 0.6) is 0 Å². The summed E-state index contributed by atoms with van der Waals surface area (Å²) in [6.07, 6.45) is 0. The second-order valence-corrected chi connectivity index (χ2v) is 21.2. The lowest BCUT2D eigenvalue weighted by Crippen LogP contribution is -2.16. The fourth-order valence-corrected chi connectivity index (χ4v) is 5.56. The summed E-state index contributed by atoms with van der Waals surface area (Å²) < 4.78 is 12.1. The number of rotatable bonds is 0. The maximum absolute atomic E-state index is 6.07. The van der Waals surface area contributed by atoms with Crippen molar-refractivity contribution in [3.05, 3.63) is 72.2 Å². The van der Waals surface area contributed by atoms with Crippen molar-refractivity contribution in [3.8, 4) is 22.9 Å². The maximum atomic E-state index is 6.07. The monoisotopic (exact) mass is 500 g/mol. The highest BCUT2D eigenvalue weighted by Gasteiger charge is 2.13. The molecule has 0 aliphatic carbocycles. The van der Waals surface area contributed by atoms with Crippen molar-refractivity contribution in [3.63, 3.8) is 0 Å². The Hall–Kier alpha value is -3.71. The minimum atomic E-state index is -1.46. The van der Waals surface area contributed by atoms with Gasteiger partial charge in [0.25, 0.3) is 0 Å². The van der Waals surface area contributed by atoms with E-state index in [2.05, 4.69) is 123 Å². The predicted octanol–water partition coefficient (Wildman–Crippen LogP) is 9.10. The highest BCUT2D eigenvalue weighted by atomic mass is 28.3. The Kier molecular flexibility index (Phi) is 4.99. The highest BCUT2D eigenvalue weighted by molar-refractivity contribution is 6.84. The first kappa shape index (κ1) is 22.7. The third-order valence-electron chi connectivity index (χ3n) is 6.23. The first-order chi connectivity index (χ1) is 17.0. The van der Waals surface area contributed by atoms with E-state index in [9.17, 15) is 0 Å². The van der Waals surface area contributed by atoms with Crippen molar-refractivity contribution >= 4 is 70.4 Å². The van der Waals surface area contributed by atoms with Crippen LogP contribution in [0.15, 0.2) is 69.5 Å². The van der Waals surface area contributed by atoms with Crippen LogP contribution in [-0.2, 0) is 0 Å². The van der Waals surface area contributed by atoms with Gasteiger partial charge in [-0.25, -0.2) is 0 Å². The van der Waals surface area contributed by atoms with Crippen LogP contribution >= 0.6 is 0 Å². The van der Waals surface area contributed by atoms with Crippen molar-refractivity contribution < 1.29 is 8.83 Å². The molecule has 0 bridgehead atoms. The zero-order valence-electron chi connectivity index (χ0n) is 21.6. The van der Waals surface area contributed by atoms with Crippen LogP contribution in [-0.4, -0.2) is 16.1 Å². The molecule has 2 nitrogen and oxygen atoms in total. The summed E-state index contributed by atoms with van der Waals surface area (Å²) in [4.78, 5) is 0. The molecule has 0 aliphatic heterocycles. The van der Waals surface area contributed by atoms with Crippen LogP contribution in [0, 0.1) is 22.9 Å². The van der Waals surface area contributed by atoms with Crippen LogP contribution < -0.4 is 0 Å². The van der Waals surface area contributed by atoms with Gasteiger partial charge in [0, 0.05) is 22.9 Å². The van der Waals surface area contributed by atoms with Crippen LogP contribution in [0.3, 0.4) is 0 Å². The molecule has 0 saturated heterocycles. The van der Waals surface area contributed by atoms with Crippen molar-refractivity contribution in [2.24, 2.45) is 0 Å². The van der Waals surface area contributed by atoms with Gasteiger partial charge in [0.1, 0.15) is 27.3 Å². The fraction of sp³-hybridized carbons (Fsp3) is 0.188. The van der Waals surface area contributed by atoms with E-state index >= 15 is 0 Å². The summed E-state index contributed by atoms with van der Waals surface area (Å²) in [5.41, 5.74) is 8.57. The Labute approximate surface area is 213 Å². The van der Waals surface area contributed by atoms with Crippen molar-refractivity contribution in [2.75, 3.05) is 0 Å². The van der Waals surface area contributed by atoms with Gasteiger partial charge in [-0.15, -0.1) is 11.1 Å². The Morgan fingerprint density at radius 3 is 1.28 bits per heavy atom. The van der Waals surface area contributed by atoms with Gasteiger partial charge in [0.2, 0.25) is 0 Å². The van der Waals surface area contributed by atoms with E-state index in [-0.39, 0.29) is 0 Å². The third kappa shape index (κ3) is 4.24. The minimum Gasteiger partial charge on any atom is -0.448 e. The van der Waals surface area contributed by atoms with Gasteiger partial charge < -0.3 is 8.83 Å². The van der Waals surface area contributed by atoms with E-state index in [1.807, 2.05) is 0 Å². The Morgan fingerprint density at radius 2 is 0.889 bits per heavy atom. The van der Waals surface area contributed by atoms with Gasteiger partial charge in [-0.2, -0.15) is 0 Å². The molecule has 36 heavy (non-hydrogen) atoms. The molecule has 0 atom stereocenters. The number of furan rings is 2. The number of hydrogen-bond acceptors (Lipinski definition) is 2. The smallest absolute Gasteiger partial charge is 0.177 e. The molecule has 4 aromatic carbocycles. The zero-order chi connectivity index (χ0) is 25.2. The van der Waals surface area contributed by atoms with E-state index in [0.717, 1.165) is 33.5 Å². The SMILES string of the molecule is C[Si](C)(C)C#Cc1cc2cc3c(ccc4c5cc6cc(C#C[Si](C)(C)C)oc6cc5ccc34)cc2o1. The molecule has 176 valence electrons. The molecule has 0 spiro atoms. The van der Waals surface area contributed by atoms with Crippen LogP contribution in [0.1, 0.15) is 11.5 Å². The highest BCUT2D eigenvalue weighted by Crippen LogP contribution is 2.36. The van der Waals surface area contributed by atoms with Crippen LogP contribution in [0.25, 0.3) is 54.3 Å². The van der Waals surface area contributed by atoms with Gasteiger partial charge in [0.05, 0.1) is 0 Å². The fourth-order valence-electron chi connectivity index (χ4n) is 4.56. The normalized spacial score (nSPS) is 12.3. The standard InChI is InChI=1S/C32H28O2Si2/c1-35(2,3)13-11-25-15-23-17-29-21(19-31(23)33-25)7-9-28-27(29)10-8-22-20-32-24(18-30(22)28)16-26(34-32)12-14-36(4,5)6/h7-10,15-20H,1-6H3. The molecule has 6 aromatic rings. The third-order valence-corrected chi connectivity index (χ3v) is 7.98. The zero-order valence-corrected chi connectivity index (χ0v) is 23.6. The van der Waals surface area contributed by atoms with E-state index < -0.39 is 16.1 Å². The number of hydrogen-bond donors (Lipinski definition) is 0. The summed E-state index contributed by atoms with van der Waals surface area (Å²) in [5, 5.41) is 9.43. The van der Waals surface area contributed by atoms with Gasteiger partial charge in [0.15, 0.2) is 11.5 Å². The van der Waals surface area contributed by atoms with Gasteiger partial charge >= 0.3 is 0 Å². The molecule has 0 aliphatic rings. The largest absolute Gasteiger partial charge is 0.448 e. The molecular weight excluding hydrogens is 473 g/mol. The minimum absolute atomic E-state index is 0.743. The molecule has 4 heteroatoms. The second kappa shape index (κ2) is 7.90. The van der Waals surface area contributed by atoms with Crippen molar-refractivity contribution in [1.29, 1.82) is 0 Å². The molecule has 0 saturated carbocycles. The molecule has 2 aromatic heterocycles. The Bertz CT molecular complexity index is 1820. The van der Waals surface area contributed by atoms with E-state index in [1.54, 1.807) is 0 Å². The van der Waals surface area contributed by atoms with E-state index in [4.69, 9.17) is 8.83 Å². The quantitative estimate of drug-likeness (QED) is 0.118. The van der Waals surface area contributed by atoms with Gasteiger partial charge in [-0.1, -0.05) is 63.5 Å². The number of fused-ring (bicyclic) bond motifs is 7. The molecule has 0 radical (unpaired) electrons. The lowest BCUT2D eigenvalue weighted by molar-refractivity contribution is 0.601. The lowest BCUT2D eigenvalue weighted by atomic mass is 9.96. The molecule has 6 rings (SSSR count). The van der Waals surface area contributed by atoms with Crippen molar-refractivity contribution in [2.45, 2.75) is 39.3 Å². The summed E-state index contributed by atoms with van der Waals surface area (Å²) in [6, 6.07) is 21.7. The first-order valence-corrected chi connectivity index (χ1v) is 19.4. The Morgan fingerprint density at radius 1 is 0.472 bits per heavy atom. The molecule has 0 unspecified atom stereocenters. The molecule has 0 N–H and O–H groups in total. The van der Waals surface area contributed by atoms with E-state index in [0.29, 0.717) is 0 Å². The summed E-state index contributed by atoms with van der Waals surface area (Å²) in [7, 11) is -2.93. The first-order valence-electron chi connectivity index (χ1n) is 12.4. The van der Waals surface area contributed by atoms with Crippen LogP contribution in [0.2, 0.25) is 39.3 Å². The average molecular weight is 501 g/mol. The second-order valence-electron chi connectivity index (χ2n) is 11.7. The molecule has 2 heterocycles. The Balaban J connectivity index is 1.53. The number of benzene rings is 4. The van der Waals surface area contributed by atoms with Crippen LogP contribution in [0.4, 0.5) is 0 Å². The van der Waals surface area contributed by atoms with E-state index in [1.165, 1.54) is 32.3 Å². The average Bonchev–Trinajstić information content (AvgIpc) is 3.39. The summed E-state index contributed by atoms with van der Waals surface area (Å²) in [5.74, 6) is 8.00. The topological polar surface area (TPSA) is 26.3 Å². The molecule has 0 amide bonds. The lowest BCUT2D eigenvalue weighted by Gasteiger charge is -2.08. The summed E-state index contributed by atoms with van der Waals surface area (Å²) >= 11 is 0. The van der Waals surface area contributed by atoms with Gasteiger partial charge in [-0.05, 0) is 68.4 Å². The maximum Gasteiger partial charge on any atom is 0.177 e. The molecular formula is C32H28O2Si2. The summed E-state index contributed by atoms with van der Waals surface area (Å²) in [6.45, 7) is 13.5. The predicted molar refractivity (Wildman–Crippen MR) is 159 cm³/mol.